The Morgan fingerprint density at radius 1 is 1.40 bits per heavy atom. The molecule has 0 saturated carbocycles. The highest BCUT2D eigenvalue weighted by Crippen LogP contribution is 2.27. The van der Waals surface area contributed by atoms with Crippen molar-refractivity contribution >= 4 is 0 Å². The molecule has 0 aromatic carbocycles. The highest BCUT2D eigenvalue weighted by Gasteiger charge is 2.08. The molecule has 0 saturated heterocycles. The Labute approximate surface area is 93.4 Å². The first kappa shape index (κ1) is 11.8. The monoisotopic (exact) mass is 200 g/mol. The largest absolute Gasteiger partial charge is 0.0990 e. The summed E-state index contributed by atoms with van der Waals surface area (Å²) in [7, 11) is 0. The normalized spacial score (nSPS) is 16.8. The van der Waals surface area contributed by atoms with Gasteiger partial charge in [0.2, 0.25) is 0 Å². The topological polar surface area (TPSA) is 0 Å². The maximum absolute atomic E-state index is 3.76. The molecule has 0 atom stereocenters. The fraction of sp³-hybridized carbons (Fsp3) is 0.333. The molecule has 0 aromatic rings. The van der Waals surface area contributed by atoms with Crippen molar-refractivity contribution in [3.63, 3.8) is 0 Å². The van der Waals surface area contributed by atoms with Crippen molar-refractivity contribution in [2.45, 2.75) is 33.1 Å². The minimum atomic E-state index is 1.08. The van der Waals surface area contributed by atoms with Crippen LogP contribution in [0.2, 0.25) is 0 Å². The van der Waals surface area contributed by atoms with Crippen LogP contribution in [-0.2, 0) is 0 Å². The number of rotatable bonds is 5. The molecule has 0 fully saturated rings. The minimum Gasteiger partial charge on any atom is -0.0990 e. The van der Waals surface area contributed by atoms with Crippen LogP contribution in [0, 0.1) is 0 Å². The van der Waals surface area contributed by atoms with Gasteiger partial charge in [0, 0.05) is 0 Å². The van der Waals surface area contributed by atoms with Gasteiger partial charge in [-0.05, 0) is 30.4 Å². The van der Waals surface area contributed by atoms with Crippen molar-refractivity contribution in [2.24, 2.45) is 0 Å². The molecule has 0 amide bonds. The van der Waals surface area contributed by atoms with E-state index in [0.717, 1.165) is 19.3 Å². The number of allylic oxidation sites excluding steroid dienone is 9. The van der Waals surface area contributed by atoms with Gasteiger partial charge in [-0.3, -0.25) is 0 Å². The van der Waals surface area contributed by atoms with Gasteiger partial charge in [0.25, 0.3) is 0 Å². The van der Waals surface area contributed by atoms with Gasteiger partial charge in [-0.1, -0.05) is 62.5 Å². The number of hydrogen-bond donors (Lipinski definition) is 0. The summed E-state index contributed by atoms with van der Waals surface area (Å²) in [5.41, 5.74) is 4.23. The van der Waals surface area contributed by atoms with Crippen molar-refractivity contribution in [1.82, 2.24) is 0 Å². The van der Waals surface area contributed by atoms with E-state index in [9.17, 15) is 0 Å². The van der Waals surface area contributed by atoms with Crippen LogP contribution in [0.15, 0.2) is 59.8 Å². The summed E-state index contributed by atoms with van der Waals surface area (Å²) < 4.78 is 0. The molecule has 1 aliphatic carbocycles. The zero-order valence-corrected chi connectivity index (χ0v) is 9.79. The van der Waals surface area contributed by atoms with Crippen molar-refractivity contribution in [1.29, 1.82) is 0 Å². The fourth-order valence-electron chi connectivity index (χ4n) is 1.66. The van der Waals surface area contributed by atoms with Crippen molar-refractivity contribution < 1.29 is 0 Å². The van der Waals surface area contributed by atoms with Gasteiger partial charge in [0.1, 0.15) is 0 Å². The molecule has 0 aliphatic heterocycles. The smallest absolute Gasteiger partial charge is 0.00582 e. The molecule has 0 heteroatoms. The Kier molecular flexibility index (Phi) is 4.89. The maximum Gasteiger partial charge on any atom is -0.00582 e. The second-order valence-corrected chi connectivity index (χ2v) is 3.72. The lowest BCUT2D eigenvalue weighted by Gasteiger charge is -2.04. The molecular weight excluding hydrogens is 180 g/mol. The molecular formula is C15H20. The van der Waals surface area contributed by atoms with Gasteiger partial charge in [0.15, 0.2) is 0 Å². The summed E-state index contributed by atoms with van der Waals surface area (Å²) in [5.74, 6) is 0. The third-order valence-corrected chi connectivity index (χ3v) is 2.59. The Balaban J connectivity index is 2.73. The Hall–Kier alpha value is -1.30. The van der Waals surface area contributed by atoms with Gasteiger partial charge in [-0.25, -0.2) is 0 Å². The van der Waals surface area contributed by atoms with Crippen molar-refractivity contribution in [2.75, 3.05) is 0 Å². The van der Waals surface area contributed by atoms with Crippen LogP contribution in [0.1, 0.15) is 33.1 Å². The van der Waals surface area contributed by atoms with E-state index in [1.54, 1.807) is 0 Å². The van der Waals surface area contributed by atoms with Crippen LogP contribution < -0.4 is 0 Å². The number of hydrogen-bond acceptors (Lipinski definition) is 0. The molecule has 0 radical (unpaired) electrons. The fourth-order valence-corrected chi connectivity index (χ4v) is 1.66. The standard InChI is InChI=1S/C15H20/c1-4-7-9-14(8-5-2)15-11-10-13(6-3)12-15/h5,7-11H,2,4,6,12H2,1,3H3/b9-7-,14-8+. The van der Waals surface area contributed by atoms with Gasteiger partial charge in [0.05, 0.1) is 0 Å². The molecule has 80 valence electrons. The van der Waals surface area contributed by atoms with Gasteiger partial charge in [-0.15, -0.1) is 0 Å². The summed E-state index contributed by atoms with van der Waals surface area (Å²) in [5, 5.41) is 0. The summed E-state index contributed by atoms with van der Waals surface area (Å²) in [6.07, 6.45) is 16.1. The highest BCUT2D eigenvalue weighted by atomic mass is 14.1. The van der Waals surface area contributed by atoms with Crippen LogP contribution in [0.3, 0.4) is 0 Å². The first-order chi connectivity index (χ1) is 7.31. The quantitative estimate of drug-likeness (QED) is 0.563. The van der Waals surface area contributed by atoms with Crippen LogP contribution in [-0.4, -0.2) is 0 Å². The lowest BCUT2D eigenvalue weighted by atomic mass is 10.0. The first-order valence-corrected chi connectivity index (χ1v) is 5.70. The molecule has 0 spiro atoms. The molecule has 0 unspecified atom stereocenters. The third kappa shape index (κ3) is 3.39. The molecule has 15 heavy (non-hydrogen) atoms. The predicted molar refractivity (Wildman–Crippen MR) is 68.8 cm³/mol. The van der Waals surface area contributed by atoms with Gasteiger partial charge in [-0.2, -0.15) is 0 Å². The summed E-state index contributed by atoms with van der Waals surface area (Å²) in [6.45, 7) is 8.13. The van der Waals surface area contributed by atoms with E-state index in [-0.39, 0.29) is 0 Å². The average Bonchev–Trinajstić information content (AvgIpc) is 2.72. The summed E-state index contributed by atoms with van der Waals surface area (Å²) in [4.78, 5) is 0. The molecule has 1 aliphatic rings. The van der Waals surface area contributed by atoms with Crippen LogP contribution >= 0.6 is 0 Å². The predicted octanol–water partition coefficient (Wildman–Crippen LogP) is 4.73. The Morgan fingerprint density at radius 2 is 2.20 bits per heavy atom. The molecule has 1 rings (SSSR count). The zero-order chi connectivity index (χ0) is 11.1. The van der Waals surface area contributed by atoms with E-state index in [1.165, 1.54) is 16.7 Å². The molecule has 0 heterocycles. The van der Waals surface area contributed by atoms with Gasteiger partial charge < -0.3 is 0 Å². The lowest BCUT2D eigenvalue weighted by Crippen LogP contribution is -1.85. The van der Waals surface area contributed by atoms with E-state index in [4.69, 9.17) is 0 Å². The van der Waals surface area contributed by atoms with E-state index in [0.29, 0.717) is 0 Å². The van der Waals surface area contributed by atoms with Crippen molar-refractivity contribution in [3.05, 3.63) is 59.8 Å². The maximum atomic E-state index is 3.76. The Bertz CT molecular complexity index is 335. The molecule has 0 aromatic heterocycles. The summed E-state index contributed by atoms with van der Waals surface area (Å²) in [6, 6.07) is 0. The second-order valence-electron chi connectivity index (χ2n) is 3.72. The van der Waals surface area contributed by atoms with Crippen molar-refractivity contribution in [3.8, 4) is 0 Å². The summed E-state index contributed by atoms with van der Waals surface area (Å²) >= 11 is 0. The highest BCUT2D eigenvalue weighted by molar-refractivity contribution is 5.49. The third-order valence-electron chi connectivity index (χ3n) is 2.59. The van der Waals surface area contributed by atoms with E-state index in [2.05, 4.69) is 50.8 Å². The minimum absolute atomic E-state index is 1.08. The van der Waals surface area contributed by atoms with Crippen LogP contribution in [0.4, 0.5) is 0 Å². The molecule has 0 bridgehead atoms. The van der Waals surface area contributed by atoms with E-state index >= 15 is 0 Å². The first-order valence-electron chi connectivity index (χ1n) is 5.70. The average molecular weight is 200 g/mol. The van der Waals surface area contributed by atoms with E-state index < -0.39 is 0 Å². The second kappa shape index (κ2) is 6.23. The zero-order valence-electron chi connectivity index (χ0n) is 9.79. The SMILES string of the molecule is C=C/C=C(\C=C/CC)C1=CC=C(CC)C1. The van der Waals surface area contributed by atoms with E-state index in [1.807, 2.05) is 6.08 Å². The molecule has 0 N–H and O–H groups in total. The Morgan fingerprint density at radius 3 is 2.73 bits per heavy atom. The van der Waals surface area contributed by atoms with Gasteiger partial charge >= 0.3 is 0 Å². The van der Waals surface area contributed by atoms with Crippen LogP contribution in [0.25, 0.3) is 0 Å². The van der Waals surface area contributed by atoms with Crippen LogP contribution in [0.5, 0.6) is 0 Å². The molecule has 0 nitrogen and oxygen atoms in total. The lowest BCUT2D eigenvalue weighted by molar-refractivity contribution is 1.02.